The summed E-state index contributed by atoms with van der Waals surface area (Å²) in [6.07, 6.45) is -2.85. The first-order chi connectivity index (χ1) is 21.1. The van der Waals surface area contributed by atoms with Gasteiger partial charge < -0.3 is 24.8 Å². The largest absolute Gasteiger partial charge is 0.457 e. The first kappa shape index (κ1) is 30.0. The zero-order valence-electron chi connectivity index (χ0n) is 25.2. The molecule has 0 spiro atoms. The molecule has 4 aromatic rings. The number of likely N-dealkylation sites (N-methyl/N-ethyl adjacent to an activating group) is 1. The number of hydrogen-bond acceptors (Lipinski definition) is 5. The van der Waals surface area contributed by atoms with Gasteiger partial charge in [0, 0.05) is 63.4 Å². The summed E-state index contributed by atoms with van der Waals surface area (Å²) in [4.78, 5) is 26.9. The van der Waals surface area contributed by atoms with E-state index in [4.69, 9.17) is 4.74 Å². The maximum Gasteiger partial charge on any atom is 0.416 e. The van der Waals surface area contributed by atoms with E-state index >= 15 is 0 Å². The number of rotatable bonds is 6. The lowest BCUT2D eigenvalue weighted by Gasteiger charge is -2.34. The fraction of sp³-hybridized carbons (Fsp3) is 0.394. The van der Waals surface area contributed by atoms with Crippen molar-refractivity contribution in [3.05, 3.63) is 82.7 Å². The normalized spacial score (nSPS) is 18.0. The quantitative estimate of drug-likeness (QED) is 0.248. The van der Waals surface area contributed by atoms with Crippen molar-refractivity contribution in [1.29, 1.82) is 0 Å². The first-order valence-electron chi connectivity index (χ1n) is 15.0. The Bertz CT molecular complexity index is 1660. The first-order valence-corrected chi connectivity index (χ1v) is 15.0. The van der Waals surface area contributed by atoms with Crippen molar-refractivity contribution in [2.45, 2.75) is 46.0 Å². The fourth-order valence-electron chi connectivity index (χ4n) is 6.23. The van der Waals surface area contributed by atoms with Gasteiger partial charge in [-0.1, -0.05) is 26.0 Å². The summed E-state index contributed by atoms with van der Waals surface area (Å²) in [6, 6.07) is 13.3. The van der Waals surface area contributed by atoms with Gasteiger partial charge in [0.1, 0.15) is 17.1 Å². The van der Waals surface area contributed by atoms with Gasteiger partial charge >= 0.3 is 12.2 Å². The number of benzene rings is 2. The second-order valence-electron chi connectivity index (χ2n) is 11.8. The number of H-pyrrole nitrogens is 1. The molecule has 11 heteroatoms. The monoisotopic (exact) mass is 606 g/mol. The SMILES string of the molecule is CCN1CCN(Cc2ccc(NC(=O)N3Cc4cc(Oc5ccnc6[nH]c(C)cc56)ccc4C(C)C3)cc2C(F)(F)F)CC1. The molecule has 6 rings (SSSR count). The van der Waals surface area contributed by atoms with E-state index in [0.29, 0.717) is 24.6 Å². The van der Waals surface area contributed by atoms with Crippen molar-refractivity contribution in [1.82, 2.24) is 24.7 Å². The highest BCUT2D eigenvalue weighted by Gasteiger charge is 2.35. The van der Waals surface area contributed by atoms with E-state index in [1.165, 1.54) is 6.07 Å². The molecule has 0 radical (unpaired) electrons. The second kappa shape index (κ2) is 12.1. The Morgan fingerprint density at radius 3 is 2.59 bits per heavy atom. The third-order valence-corrected chi connectivity index (χ3v) is 8.61. The molecule has 4 heterocycles. The number of aryl methyl sites for hydroxylation is 1. The highest BCUT2D eigenvalue weighted by atomic mass is 19.4. The number of alkyl halides is 3. The molecule has 2 amide bonds. The number of hydrogen-bond donors (Lipinski definition) is 2. The van der Waals surface area contributed by atoms with E-state index in [1.807, 2.05) is 44.2 Å². The number of aromatic amines is 1. The predicted octanol–water partition coefficient (Wildman–Crippen LogP) is 6.97. The van der Waals surface area contributed by atoms with Crippen LogP contribution in [0.25, 0.3) is 11.0 Å². The maximum absolute atomic E-state index is 14.1. The van der Waals surface area contributed by atoms with E-state index < -0.39 is 17.8 Å². The van der Waals surface area contributed by atoms with Gasteiger partial charge in [-0.3, -0.25) is 4.90 Å². The van der Waals surface area contributed by atoms with Crippen molar-refractivity contribution < 1.29 is 22.7 Å². The minimum absolute atomic E-state index is 0.0415. The number of aromatic nitrogens is 2. The molecule has 1 fully saturated rings. The fourth-order valence-corrected chi connectivity index (χ4v) is 6.23. The molecule has 0 bridgehead atoms. The minimum atomic E-state index is -4.53. The van der Waals surface area contributed by atoms with Gasteiger partial charge in [-0.25, -0.2) is 9.78 Å². The van der Waals surface area contributed by atoms with Gasteiger partial charge in [-0.2, -0.15) is 13.2 Å². The standard InChI is InChI=1S/C33H37F3N6O2/c1-4-40-11-13-41(14-12-40)19-23-5-6-25(17-29(23)33(34,35)36)39-32(43)42-18-21(2)27-8-7-26(16-24(27)20-42)44-30-9-10-37-31-28(30)15-22(3)38-31/h5-10,15-17,21H,4,11-14,18-20H2,1-3H3,(H,37,38)(H,39,43). The van der Waals surface area contributed by atoms with Crippen LogP contribution in [-0.4, -0.2) is 70.0 Å². The molecule has 232 valence electrons. The number of carbonyl (C=O) groups is 1. The topological polar surface area (TPSA) is 76.7 Å². The maximum atomic E-state index is 14.1. The van der Waals surface area contributed by atoms with Gasteiger partial charge in [-0.05, 0) is 72.5 Å². The average molecular weight is 607 g/mol. The molecular weight excluding hydrogens is 569 g/mol. The summed E-state index contributed by atoms with van der Waals surface area (Å²) in [7, 11) is 0. The molecule has 2 N–H and O–H groups in total. The zero-order chi connectivity index (χ0) is 31.0. The summed E-state index contributed by atoms with van der Waals surface area (Å²) in [5.41, 5.74) is 3.40. The van der Waals surface area contributed by atoms with Gasteiger partial charge in [0.05, 0.1) is 10.9 Å². The molecule has 2 aliphatic heterocycles. The molecule has 1 atom stereocenters. The number of fused-ring (bicyclic) bond motifs is 2. The lowest BCUT2D eigenvalue weighted by atomic mass is 9.91. The van der Waals surface area contributed by atoms with Gasteiger partial charge in [-0.15, -0.1) is 0 Å². The van der Waals surface area contributed by atoms with Crippen LogP contribution in [-0.2, 0) is 19.3 Å². The third-order valence-electron chi connectivity index (χ3n) is 8.61. The molecule has 2 aromatic heterocycles. The molecular formula is C33H37F3N6O2. The van der Waals surface area contributed by atoms with Gasteiger partial charge in [0.25, 0.3) is 0 Å². The lowest BCUT2D eigenvalue weighted by molar-refractivity contribution is -0.138. The number of halogens is 3. The molecule has 2 aromatic carbocycles. The predicted molar refractivity (Wildman–Crippen MR) is 164 cm³/mol. The van der Waals surface area contributed by atoms with Crippen molar-refractivity contribution in [2.24, 2.45) is 0 Å². The molecule has 0 aliphatic carbocycles. The summed E-state index contributed by atoms with van der Waals surface area (Å²) < 4.78 is 48.6. The highest BCUT2D eigenvalue weighted by molar-refractivity contribution is 5.90. The number of pyridine rings is 1. The van der Waals surface area contributed by atoms with E-state index in [2.05, 4.69) is 32.0 Å². The van der Waals surface area contributed by atoms with Crippen LogP contribution in [0.3, 0.4) is 0 Å². The van der Waals surface area contributed by atoms with Crippen LogP contribution >= 0.6 is 0 Å². The van der Waals surface area contributed by atoms with Crippen LogP contribution in [0.4, 0.5) is 23.7 Å². The minimum Gasteiger partial charge on any atom is -0.457 e. The van der Waals surface area contributed by atoms with Crippen molar-refractivity contribution in [3.63, 3.8) is 0 Å². The van der Waals surface area contributed by atoms with Crippen molar-refractivity contribution in [3.8, 4) is 11.5 Å². The Labute approximate surface area is 254 Å². The van der Waals surface area contributed by atoms with E-state index in [1.54, 1.807) is 17.2 Å². The van der Waals surface area contributed by atoms with Crippen LogP contribution < -0.4 is 10.1 Å². The molecule has 8 nitrogen and oxygen atoms in total. The number of ether oxygens (including phenoxy) is 1. The summed E-state index contributed by atoms with van der Waals surface area (Å²) in [5, 5.41) is 3.60. The Balaban J connectivity index is 1.16. The number of anilines is 1. The molecule has 44 heavy (non-hydrogen) atoms. The van der Waals surface area contributed by atoms with E-state index in [9.17, 15) is 18.0 Å². The Kier molecular flexibility index (Phi) is 8.26. The molecule has 1 unspecified atom stereocenters. The van der Waals surface area contributed by atoms with Crippen LogP contribution in [0.1, 0.15) is 47.7 Å². The van der Waals surface area contributed by atoms with E-state index in [0.717, 1.165) is 66.6 Å². The summed E-state index contributed by atoms with van der Waals surface area (Å²) >= 11 is 0. The molecule has 2 aliphatic rings. The molecule has 0 saturated carbocycles. The number of urea groups is 1. The Morgan fingerprint density at radius 1 is 1.07 bits per heavy atom. The third kappa shape index (κ3) is 6.39. The Hall–Kier alpha value is -4.09. The van der Waals surface area contributed by atoms with Crippen LogP contribution in [0, 0.1) is 6.92 Å². The summed E-state index contributed by atoms with van der Waals surface area (Å²) in [5.74, 6) is 1.34. The number of piperazine rings is 1. The van der Waals surface area contributed by atoms with Crippen molar-refractivity contribution >= 4 is 22.8 Å². The number of nitrogens with zero attached hydrogens (tertiary/aromatic N) is 4. The van der Waals surface area contributed by atoms with Crippen LogP contribution in [0.5, 0.6) is 11.5 Å². The van der Waals surface area contributed by atoms with Crippen LogP contribution in [0.15, 0.2) is 54.7 Å². The van der Waals surface area contributed by atoms with Crippen molar-refractivity contribution in [2.75, 3.05) is 44.6 Å². The van der Waals surface area contributed by atoms with Gasteiger partial charge in [0.2, 0.25) is 0 Å². The smallest absolute Gasteiger partial charge is 0.416 e. The second-order valence-corrected chi connectivity index (χ2v) is 11.8. The zero-order valence-corrected chi connectivity index (χ0v) is 25.2. The van der Waals surface area contributed by atoms with Gasteiger partial charge in [0.15, 0.2) is 0 Å². The lowest BCUT2D eigenvalue weighted by Crippen LogP contribution is -2.45. The summed E-state index contributed by atoms with van der Waals surface area (Å²) in [6.45, 7) is 11.1. The van der Waals surface area contributed by atoms with Crippen LogP contribution in [0.2, 0.25) is 0 Å². The average Bonchev–Trinajstić information content (AvgIpc) is 3.39. The number of amides is 2. The highest BCUT2D eigenvalue weighted by Crippen LogP contribution is 2.36. The molecule has 1 saturated heterocycles. The number of nitrogens with one attached hydrogen (secondary N) is 2. The Morgan fingerprint density at radius 2 is 1.84 bits per heavy atom. The van der Waals surface area contributed by atoms with E-state index in [-0.39, 0.29) is 23.7 Å². The number of carbonyl (C=O) groups excluding carboxylic acids is 1.